The molecule has 1 N–H and O–H groups in total. The van der Waals surface area contributed by atoms with Crippen molar-refractivity contribution in [3.8, 4) is 0 Å². The lowest BCUT2D eigenvalue weighted by molar-refractivity contribution is -0.147. The van der Waals surface area contributed by atoms with Crippen molar-refractivity contribution in [1.29, 1.82) is 0 Å². The Morgan fingerprint density at radius 2 is 1.12 bits per heavy atom. The lowest BCUT2D eigenvalue weighted by atomic mass is 10.1. The molecule has 0 saturated carbocycles. The maximum Gasteiger partial charge on any atom is 0.306 e. The van der Waals surface area contributed by atoms with Gasteiger partial charge in [-0.15, -0.1) is 0 Å². The van der Waals surface area contributed by atoms with Crippen LogP contribution in [0.25, 0.3) is 0 Å². The lowest BCUT2D eigenvalue weighted by Crippen LogP contribution is -2.16. The average Bonchev–Trinajstić information content (AvgIpc) is 2.93. The van der Waals surface area contributed by atoms with E-state index < -0.39 is 5.97 Å². The van der Waals surface area contributed by atoms with E-state index >= 15 is 0 Å². The Balaban J connectivity index is 4.23. The van der Waals surface area contributed by atoms with Gasteiger partial charge >= 0.3 is 11.9 Å². The van der Waals surface area contributed by atoms with E-state index in [0.717, 1.165) is 83.5 Å². The summed E-state index contributed by atoms with van der Waals surface area (Å²) in [5.41, 5.74) is 0. The van der Waals surface area contributed by atoms with Crippen LogP contribution in [0.3, 0.4) is 0 Å². The van der Waals surface area contributed by atoms with E-state index in [1.165, 1.54) is 19.3 Å². The van der Waals surface area contributed by atoms with Crippen molar-refractivity contribution >= 4 is 11.9 Å². The number of esters is 1. The Labute approximate surface area is 246 Å². The molecule has 0 aromatic rings. The molecule has 0 fully saturated rings. The van der Waals surface area contributed by atoms with Crippen molar-refractivity contribution in [3.63, 3.8) is 0 Å². The van der Waals surface area contributed by atoms with Crippen LogP contribution in [0, 0.1) is 0 Å². The van der Waals surface area contributed by atoms with E-state index in [1.54, 1.807) is 0 Å². The Bertz CT molecular complexity index is 770. The smallest absolute Gasteiger partial charge is 0.306 e. The van der Waals surface area contributed by atoms with Crippen molar-refractivity contribution in [1.82, 2.24) is 0 Å². The zero-order valence-corrected chi connectivity index (χ0v) is 25.6. The molecule has 40 heavy (non-hydrogen) atoms. The molecule has 226 valence electrons. The maximum absolute atomic E-state index is 12.5. The molecule has 1 unspecified atom stereocenters. The van der Waals surface area contributed by atoms with Gasteiger partial charge in [-0.25, -0.2) is 0 Å². The van der Waals surface area contributed by atoms with Crippen LogP contribution in [-0.4, -0.2) is 23.1 Å². The van der Waals surface area contributed by atoms with E-state index in [9.17, 15) is 9.59 Å². The number of rotatable bonds is 27. The number of allylic oxidation sites excluding steroid dienone is 11. The van der Waals surface area contributed by atoms with Crippen molar-refractivity contribution < 1.29 is 19.4 Å². The molecule has 0 aliphatic carbocycles. The van der Waals surface area contributed by atoms with E-state index in [4.69, 9.17) is 9.84 Å². The number of hydrogen-bond acceptors (Lipinski definition) is 3. The second-order valence-corrected chi connectivity index (χ2v) is 10.3. The highest BCUT2D eigenvalue weighted by Crippen LogP contribution is 2.13. The van der Waals surface area contributed by atoms with Gasteiger partial charge in [0.15, 0.2) is 0 Å². The molecule has 0 aromatic carbocycles. The summed E-state index contributed by atoms with van der Waals surface area (Å²) in [5, 5.41) is 8.78. The molecular formula is C36H58O4. The summed E-state index contributed by atoms with van der Waals surface area (Å²) in [6.45, 7) is 4.36. The van der Waals surface area contributed by atoms with Crippen LogP contribution in [0.2, 0.25) is 0 Å². The number of aliphatic carboxylic acids is 1. The van der Waals surface area contributed by atoms with Gasteiger partial charge in [0.05, 0.1) is 0 Å². The van der Waals surface area contributed by atoms with Crippen LogP contribution < -0.4 is 0 Å². The van der Waals surface area contributed by atoms with Gasteiger partial charge < -0.3 is 9.84 Å². The van der Waals surface area contributed by atoms with Gasteiger partial charge in [-0.1, -0.05) is 106 Å². The summed E-state index contributed by atoms with van der Waals surface area (Å²) in [6.07, 6.45) is 43.5. The first-order valence-electron chi connectivity index (χ1n) is 15.9. The fraction of sp³-hybridized carbons (Fsp3) is 0.611. The third-order valence-electron chi connectivity index (χ3n) is 6.40. The number of unbranched alkanes of at least 4 members (excludes halogenated alkanes) is 8. The van der Waals surface area contributed by atoms with Gasteiger partial charge in [0, 0.05) is 12.8 Å². The zero-order chi connectivity index (χ0) is 29.4. The summed E-state index contributed by atoms with van der Waals surface area (Å²) in [7, 11) is 0. The number of hydrogen-bond donors (Lipinski definition) is 1. The predicted octanol–water partition coefficient (Wildman–Crippen LogP) is 10.8. The number of carbonyl (C=O) groups is 2. The quantitative estimate of drug-likeness (QED) is 0.0623. The van der Waals surface area contributed by atoms with Gasteiger partial charge in [0.25, 0.3) is 0 Å². The van der Waals surface area contributed by atoms with E-state index in [0.29, 0.717) is 12.8 Å². The standard InChI is InChI=1S/C36H58O4/c1-3-5-7-9-11-13-14-15-16-17-18-19-21-23-29-33-36(39)40-34(31-27-24-25-28-32-35(37)38)30-26-22-20-12-10-8-6-4-2/h5,7,11-13,15-16,18-20,26,30,34H,3-4,6,8-10,14,17,21-25,27-29,31-33H2,1-2H3,(H,37,38)/b7-5-,13-11-,16-15-,19-18-,20-12-,30-26-. The zero-order valence-electron chi connectivity index (χ0n) is 25.6. The summed E-state index contributed by atoms with van der Waals surface area (Å²) in [6, 6.07) is 0. The van der Waals surface area contributed by atoms with Gasteiger partial charge in [0.2, 0.25) is 0 Å². The molecule has 0 aromatic heterocycles. The summed E-state index contributed by atoms with van der Waals surface area (Å²) in [4.78, 5) is 23.1. The van der Waals surface area contributed by atoms with Gasteiger partial charge in [-0.2, -0.15) is 0 Å². The van der Waals surface area contributed by atoms with Crippen molar-refractivity contribution in [2.75, 3.05) is 0 Å². The molecule has 0 spiro atoms. The first-order valence-corrected chi connectivity index (χ1v) is 15.9. The molecule has 0 radical (unpaired) electrons. The maximum atomic E-state index is 12.5. The molecule has 4 nitrogen and oxygen atoms in total. The molecule has 1 atom stereocenters. The highest BCUT2D eigenvalue weighted by molar-refractivity contribution is 5.69. The third kappa shape index (κ3) is 29.9. The monoisotopic (exact) mass is 554 g/mol. The summed E-state index contributed by atoms with van der Waals surface area (Å²) in [5.74, 6) is -0.861. The second-order valence-electron chi connectivity index (χ2n) is 10.3. The average molecular weight is 555 g/mol. The Morgan fingerprint density at radius 1 is 0.600 bits per heavy atom. The topological polar surface area (TPSA) is 63.6 Å². The Kier molecular flexibility index (Phi) is 28.9. The van der Waals surface area contributed by atoms with Crippen molar-refractivity contribution in [2.24, 2.45) is 0 Å². The SMILES string of the molecule is CC/C=C\C/C=C\C/C=C\C/C=C\CCCCC(=O)OC(/C=C\C/C=C\CCCCC)CCCCCCC(=O)O. The van der Waals surface area contributed by atoms with Gasteiger partial charge in [-0.05, 0) is 89.5 Å². The minimum atomic E-state index is -0.737. The Hall–Kier alpha value is -2.62. The highest BCUT2D eigenvalue weighted by atomic mass is 16.5. The molecular weight excluding hydrogens is 496 g/mol. The van der Waals surface area contributed by atoms with E-state index in [1.807, 2.05) is 6.08 Å². The van der Waals surface area contributed by atoms with Crippen molar-refractivity contribution in [3.05, 3.63) is 72.9 Å². The number of carbonyl (C=O) groups excluding carboxylic acids is 1. The third-order valence-corrected chi connectivity index (χ3v) is 6.40. The number of ether oxygens (including phenoxy) is 1. The number of carboxylic acid groups (broad SMARTS) is 1. The summed E-state index contributed by atoms with van der Waals surface area (Å²) >= 11 is 0. The molecule has 4 heteroatoms. The second kappa shape index (κ2) is 30.9. The van der Waals surface area contributed by atoms with Crippen LogP contribution in [0.5, 0.6) is 0 Å². The van der Waals surface area contributed by atoms with Crippen LogP contribution in [0.4, 0.5) is 0 Å². The predicted molar refractivity (Wildman–Crippen MR) is 171 cm³/mol. The molecule has 0 rings (SSSR count). The molecule has 0 aliphatic rings. The van der Waals surface area contributed by atoms with Crippen LogP contribution in [0.15, 0.2) is 72.9 Å². The summed E-state index contributed by atoms with van der Waals surface area (Å²) < 4.78 is 5.79. The Morgan fingerprint density at radius 3 is 1.73 bits per heavy atom. The van der Waals surface area contributed by atoms with Crippen LogP contribution >= 0.6 is 0 Å². The fourth-order valence-electron chi connectivity index (χ4n) is 4.06. The minimum Gasteiger partial charge on any atom is -0.481 e. The van der Waals surface area contributed by atoms with Gasteiger partial charge in [-0.3, -0.25) is 9.59 Å². The fourth-order valence-corrected chi connectivity index (χ4v) is 4.06. The highest BCUT2D eigenvalue weighted by Gasteiger charge is 2.11. The molecule has 0 bridgehead atoms. The first kappa shape index (κ1) is 37.4. The van der Waals surface area contributed by atoms with E-state index in [-0.39, 0.29) is 18.5 Å². The largest absolute Gasteiger partial charge is 0.481 e. The molecule has 0 saturated heterocycles. The molecule has 0 amide bonds. The normalized spacial score (nSPS) is 13.2. The lowest BCUT2D eigenvalue weighted by Gasteiger charge is -2.14. The van der Waals surface area contributed by atoms with Crippen molar-refractivity contribution in [2.45, 2.75) is 142 Å². The number of carboxylic acids is 1. The van der Waals surface area contributed by atoms with E-state index in [2.05, 4.69) is 80.7 Å². The minimum absolute atomic E-state index is 0.124. The molecule has 0 aliphatic heterocycles. The molecule has 0 heterocycles. The van der Waals surface area contributed by atoms with Gasteiger partial charge in [0.1, 0.15) is 6.10 Å². The van der Waals surface area contributed by atoms with Crippen LogP contribution in [0.1, 0.15) is 136 Å². The van der Waals surface area contributed by atoms with Crippen LogP contribution in [-0.2, 0) is 14.3 Å². The first-order chi connectivity index (χ1) is 19.6.